The molecule has 2 aliphatic rings. The molecular formula is C44H36N2O12. The normalized spacial score (nSPS) is 13.2. The second-order valence-corrected chi connectivity index (χ2v) is 13.0. The summed E-state index contributed by atoms with van der Waals surface area (Å²) in [5.74, 6) is -3.68. The third-order valence-electron chi connectivity index (χ3n) is 8.95. The summed E-state index contributed by atoms with van der Waals surface area (Å²) < 4.78 is 21.5. The zero-order valence-electron chi connectivity index (χ0n) is 31.0. The fourth-order valence-corrected chi connectivity index (χ4v) is 5.86. The van der Waals surface area contributed by atoms with E-state index in [4.69, 9.17) is 18.9 Å². The number of esters is 4. The number of carbonyl (C=O) groups is 8. The molecule has 58 heavy (non-hydrogen) atoms. The van der Waals surface area contributed by atoms with Gasteiger partial charge in [0.2, 0.25) is 0 Å². The minimum Gasteiger partial charge on any atom is -0.462 e. The molecule has 0 fully saturated rings. The van der Waals surface area contributed by atoms with E-state index in [1.165, 1.54) is 121 Å². The third kappa shape index (κ3) is 10.2. The average Bonchev–Trinajstić information content (AvgIpc) is 3.76. The van der Waals surface area contributed by atoms with Crippen LogP contribution in [-0.2, 0) is 28.7 Å². The van der Waals surface area contributed by atoms with Crippen molar-refractivity contribution in [1.82, 2.24) is 0 Å². The van der Waals surface area contributed by atoms with Gasteiger partial charge in [-0.3, -0.25) is 19.2 Å². The zero-order chi connectivity index (χ0) is 41.0. The number of amides is 4. The Morgan fingerprint density at radius 3 is 0.966 bits per heavy atom. The summed E-state index contributed by atoms with van der Waals surface area (Å²) in [7, 11) is 0. The number of unbranched alkanes of at least 4 members (excludes halogenated alkanes) is 5. The highest BCUT2D eigenvalue weighted by Gasteiger charge is 2.26. The lowest BCUT2D eigenvalue weighted by Gasteiger charge is -2.14. The summed E-state index contributed by atoms with van der Waals surface area (Å²) in [4.78, 5) is 99.4. The van der Waals surface area contributed by atoms with Gasteiger partial charge in [-0.05, 0) is 110 Å². The number of hydrogen-bond donors (Lipinski definition) is 0. The summed E-state index contributed by atoms with van der Waals surface area (Å²) in [6, 6.07) is 23.6. The number of anilines is 2. The molecule has 0 unspecified atom stereocenters. The smallest absolute Gasteiger partial charge is 0.343 e. The largest absolute Gasteiger partial charge is 0.462 e. The SMILES string of the molecule is O=C(OCCCCCCCCOC(=O)c1ccc(OC(=O)c2ccc(N3C(=O)C=CC3=O)cc2)cc1)c1ccc(OC(=O)c2ccc(N3C(=O)C=CC3=O)cc2)cc1. The maximum absolute atomic E-state index is 12.6. The molecule has 14 nitrogen and oxygen atoms in total. The number of nitrogens with zero attached hydrogens (tertiary/aromatic N) is 2. The van der Waals surface area contributed by atoms with Gasteiger partial charge in [0.1, 0.15) is 11.5 Å². The molecule has 0 atom stereocenters. The van der Waals surface area contributed by atoms with Crippen LogP contribution >= 0.6 is 0 Å². The Hall–Kier alpha value is -7.48. The van der Waals surface area contributed by atoms with Gasteiger partial charge in [-0.1, -0.05) is 25.7 Å². The molecule has 2 heterocycles. The molecular weight excluding hydrogens is 748 g/mol. The minimum absolute atomic E-state index is 0.213. The van der Waals surface area contributed by atoms with Crippen LogP contribution in [0.3, 0.4) is 0 Å². The highest BCUT2D eigenvalue weighted by Crippen LogP contribution is 2.23. The maximum atomic E-state index is 12.6. The summed E-state index contributed by atoms with van der Waals surface area (Å²) in [5.41, 5.74) is 1.71. The first kappa shape index (κ1) is 40.2. The van der Waals surface area contributed by atoms with Crippen LogP contribution < -0.4 is 19.3 Å². The van der Waals surface area contributed by atoms with Gasteiger partial charge in [-0.2, -0.15) is 0 Å². The molecule has 0 bridgehead atoms. The van der Waals surface area contributed by atoms with E-state index in [2.05, 4.69) is 0 Å². The van der Waals surface area contributed by atoms with Crippen molar-refractivity contribution in [1.29, 1.82) is 0 Å². The number of hydrogen-bond acceptors (Lipinski definition) is 12. The fraction of sp³-hybridized carbons (Fsp3) is 0.182. The lowest BCUT2D eigenvalue weighted by Crippen LogP contribution is -2.29. The van der Waals surface area contributed by atoms with E-state index in [1.54, 1.807) is 0 Å². The summed E-state index contributed by atoms with van der Waals surface area (Å²) >= 11 is 0. The first-order chi connectivity index (χ1) is 28.1. The van der Waals surface area contributed by atoms with Crippen LogP contribution in [0.15, 0.2) is 121 Å². The number of carbonyl (C=O) groups excluding carboxylic acids is 8. The zero-order valence-corrected chi connectivity index (χ0v) is 31.0. The lowest BCUT2D eigenvalue weighted by atomic mass is 10.1. The Labute approximate surface area is 332 Å². The minimum atomic E-state index is -0.648. The molecule has 0 saturated heterocycles. The van der Waals surface area contributed by atoms with Gasteiger partial charge in [-0.15, -0.1) is 0 Å². The van der Waals surface area contributed by atoms with Crippen molar-refractivity contribution in [2.45, 2.75) is 38.5 Å². The van der Waals surface area contributed by atoms with Crippen molar-refractivity contribution < 1.29 is 57.3 Å². The molecule has 4 aromatic carbocycles. The highest BCUT2D eigenvalue weighted by atomic mass is 16.5. The quantitative estimate of drug-likeness (QED) is 0.0503. The summed E-state index contributed by atoms with van der Waals surface area (Å²) in [5, 5.41) is 0. The van der Waals surface area contributed by atoms with Crippen LogP contribution in [0.1, 0.15) is 80.0 Å². The molecule has 0 saturated carbocycles. The van der Waals surface area contributed by atoms with E-state index in [0.29, 0.717) is 35.3 Å². The van der Waals surface area contributed by atoms with Crippen LogP contribution in [0.25, 0.3) is 0 Å². The lowest BCUT2D eigenvalue weighted by molar-refractivity contribution is -0.121. The predicted molar refractivity (Wildman–Crippen MR) is 207 cm³/mol. The van der Waals surface area contributed by atoms with Gasteiger partial charge in [0.05, 0.1) is 46.8 Å². The van der Waals surface area contributed by atoms with E-state index in [0.717, 1.165) is 35.5 Å². The number of benzene rings is 4. The van der Waals surface area contributed by atoms with Crippen molar-refractivity contribution in [3.63, 3.8) is 0 Å². The van der Waals surface area contributed by atoms with Crippen molar-refractivity contribution >= 4 is 58.9 Å². The molecule has 294 valence electrons. The number of ether oxygens (including phenoxy) is 4. The molecule has 6 rings (SSSR count). The Morgan fingerprint density at radius 2 is 0.638 bits per heavy atom. The topological polar surface area (TPSA) is 180 Å². The maximum Gasteiger partial charge on any atom is 0.343 e. The molecule has 0 spiro atoms. The van der Waals surface area contributed by atoms with Gasteiger partial charge in [-0.25, -0.2) is 29.0 Å². The van der Waals surface area contributed by atoms with Gasteiger partial charge < -0.3 is 18.9 Å². The Morgan fingerprint density at radius 1 is 0.362 bits per heavy atom. The monoisotopic (exact) mass is 784 g/mol. The second-order valence-electron chi connectivity index (χ2n) is 13.0. The second kappa shape index (κ2) is 18.9. The Bertz CT molecular complexity index is 2080. The molecule has 0 radical (unpaired) electrons. The first-order valence-electron chi connectivity index (χ1n) is 18.4. The van der Waals surface area contributed by atoms with E-state index < -0.39 is 47.5 Å². The van der Waals surface area contributed by atoms with Crippen LogP contribution in [0.5, 0.6) is 11.5 Å². The summed E-state index contributed by atoms with van der Waals surface area (Å²) in [6.07, 6.45) is 9.60. The van der Waals surface area contributed by atoms with Crippen LogP contribution in [-0.4, -0.2) is 60.7 Å². The molecule has 0 aromatic heterocycles. The Balaban J connectivity index is 0.799. The average molecular weight is 785 g/mol. The van der Waals surface area contributed by atoms with Crippen molar-refractivity contribution in [3.05, 3.63) is 144 Å². The summed E-state index contributed by atoms with van der Waals surface area (Å²) in [6.45, 7) is 0.504. The van der Waals surface area contributed by atoms with Crippen molar-refractivity contribution in [2.75, 3.05) is 23.0 Å². The molecule has 4 amide bonds. The standard InChI is InChI=1S/C44H36N2O12/c47-37-23-24-38(48)45(37)33-15-7-31(8-16-33)43(53)57-35-19-11-29(12-20-35)41(51)55-27-5-3-1-2-4-6-28-56-42(52)30-13-21-36(22-14-30)58-44(54)32-9-17-34(18-10-32)46-39(49)25-26-40(46)50/h7-26H,1-6,27-28H2. The van der Waals surface area contributed by atoms with Gasteiger partial charge in [0, 0.05) is 24.3 Å². The molecule has 4 aromatic rings. The molecule has 2 aliphatic heterocycles. The van der Waals surface area contributed by atoms with Gasteiger partial charge in [0.15, 0.2) is 0 Å². The van der Waals surface area contributed by atoms with E-state index >= 15 is 0 Å². The third-order valence-corrected chi connectivity index (χ3v) is 8.95. The first-order valence-corrected chi connectivity index (χ1v) is 18.4. The Kier molecular flexibility index (Phi) is 13.1. The van der Waals surface area contributed by atoms with Crippen LogP contribution in [0.4, 0.5) is 11.4 Å². The van der Waals surface area contributed by atoms with Crippen LogP contribution in [0, 0.1) is 0 Å². The van der Waals surface area contributed by atoms with E-state index in [1.807, 2.05) is 0 Å². The molecule has 14 heteroatoms. The predicted octanol–water partition coefficient (Wildman–Crippen LogP) is 6.34. The van der Waals surface area contributed by atoms with Gasteiger partial charge in [0.25, 0.3) is 23.6 Å². The highest BCUT2D eigenvalue weighted by molar-refractivity contribution is 6.28. The van der Waals surface area contributed by atoms with Crippen molar-refractivity contribution in [3.8, 4) is 11.5 Å². The molecule has 0 aliphatic carbocycles. The van der Waals surface area contributed by atoms with Crippen molar-refractivity contribution in [2.24, 2.45) is 0 Å². The fourth-order valence-electron chi connectivity index (χ4n) is 5.86. The van der Waals surface area contributed by atoms with Crippen LogP contribution in [0.2, 0.25) is 0 Å². The van der Waals surface area contributed by atoms with E-state index in [-0.39, 0.29) is 35.8 Å². The number of imide groups is 2. The number of rotatable bonds is 17. The van der Waals surface area contributed by atoms with E-state index in [9.17, 15) is 38.4 Å². The van der Waals surface area contributed by atoms with Gasteiger partial charge >= 0.3 is 23.9 Å². The molecule has 0 N–H and O–H groups in total.